The molecule has 92 valence electrons. The molecule has 0 aromatic heterocycles. The Morgan fingerprint density at radius 3 is 1.88 bits per heavy atom. The number of allylic oxidation sites excluding steroid dienone is 4. The first kappa shape index (κ1) is 14.0. The lowest BCUT2D eigenvalue weighted by molar-refractivity contribution is 0.709. The molecule has 0 nitrogen and oxygen atoms in total. The number of rotatable bonds is 7. The lowest BCUT2D eigenvalue weighted by Crippen LogP contribution is -2.06. The highest BCUT2D eigenvalue weighted by atomic mass is 31.1. The van der Waals surface area contributed by atoms with Gasteiger partial charge in [0.25, 0.3) is 0 Å². The molecule has 1 aliphatic rings. The lowest BCUT2D eigenvalue weighted by atomic mass is 10.1. The molecule has 0 saturated heterocycles. The second-order valence-electron chi connectivity index (χ2n) is 5.77. The normalized spacial score (nSPS) is 16.2. The van der Waals surface area contributed by atoms with E-state index in [1.807, 2.05) is 0 Å². The van der Waals surface area contributed by atoms with E-state index in [4.69, 9.17) is 0 Å². The first-order valence-electron chi connectivity index (χ1n) is 6.65. The summed E-state index contributed by atoms with van der Waals surface area (Å²) < 4.78 is 0. The zero-order valence-corrected chi connectivity index (χ0v) is 12.2. The van der Waals surface area contributed by atoms with Gasteiger partial charge in [-0.2, -0.15) is 0 Å². The standard InChI is InChI=1S/C15H27P/c1-13(2)11-16(12-14(3)4)10-9-15-7-5-6-8-15/h5-8,13-15H,9-12H2,1-4H3. The van der Waals surface area contributed by atoms with Crippen molar-refractivity contribution in [2.45, 2.75) is 34.1 Å². The molecule has 1 heteroatoms. The van der Waals surface area contributed by atoms with Gasteiger partial charge in [-0.05, 0) is 42.7 Å². The van der Waals surface area contributed by atoms with Crippen molar-refractivity contribution in [1.29, 1.82) is 0 Å². The summed E-state index contributed by atoms with van der Waals surface area (Å²) in [6.07, 6.45) is 14.8. The van der Waals surface area contributed by atoms with Gasteiger partial charge in [-0.3, -0.25) is 0 Å². The average molecular weight is 238 g/mol. The molecule has 0 aromatic carbocycles. The molecule has 0 heterocycles. The van der Waals surface area contributed by atoms with E-state index < -0.39 is 0 Å². The molecule has 1 rings (SSSR count). The van der Waals surface area contributed by atoms with Gasteiger partial charge in [0.15, 0.2) is 0 Å². The molecule has 0 fully saturated rings. The maximum atomic E-state index is 2.37. The average Bonchev–Trinajstić information content (AvgIpc) is 2.64. The van der Waals surface area contributed by atoms with Gasteiger partial charge in [-0.15, -0.1) is 7.92 Å². The van der Waals surface area contributed by atoms with E-state index in [2.05, 4.69) is 52.0 Å². The Morgan fingerprint density at radius 1 is 0.938 bits per heavy atom. The van der Waals surface area contributed by atoms with E-state index in [-0.39, 0.29) is 7.92 Å². The smallest absolute Gasteiger partial charge is 0.00439 e. The Labute approximate surface area is 103 Å². The molecule has 0 saturated carbocycles. The van der Waals surface area contributed by atoms with Crippen LogP contribution < -0.4 is 0 Å². The van der Waals surface area contributed by atoms with Crippen LogP contribution in [-0.2, 0) is 0 Å². The van der Waals surface area contributed by atoms with Crippen LogP contribution in [0, 0.1) is 17.8 Å². The predicted octanol–water partition coefficient (Wildman–Crippen LogP) is 4.91. The molecule has 0 radical (unpaired) electrons. The van der Waals surface area contributed by atoms with Crippen LogP contribution in [0.3, 0.4) is 0 Å². The summed E-state index contributed by atoms with van der Waals surface area (Å²) >= 11 is 0. The van der Waals surface area contributed by atoms with Crippen LogP contribution in [0.2, 0.25) is 0 Å². The van der Waals surface area contributed by atoms with E-state index in [1.54, 1.807) is 0 Å². The topological polar surface area (TPSA) is 0 Å². The zero-order chi connectivity index (χ0) is 12.0. The minimum Gasteiger partial charge on any atom is -0.106 e. The third-order valence-electron chi connectivity index (χ3n) is 2.85. The summed E-state index contributed by atoms with van der Waals surface area (Å²) in [5.41, 5.74) is 0. The third kappa shape index (κ3) is 5.85. The van der Waals surface area contributed by atoms with Gasteiger partial charge in [0.05, 0.1) is 0 Å². The maximum Gasteiger partial charge on any atom is -0.00439 e. The van der Waals surface area contributed by atoms with Gasteiger partial charge >= 0.3 is 0 Å². The summed E-state index contributed by atoms with van der Waals surface area (Å²) in [5, 5.41) is 0. The van der Waals surface area contributed by atoms with Crippen LogP contribution in [0.5, 0.6) is 0 Å². The molecular formula is C15H27P. The highest BCUT2D eigenvalue weighted by Gasteiger charge is 2.14. The molecule has 0 aromatic rings. The van der Waals surface area contributed by atoms with Crippen molar-refractivity contribution < 1.29 is 0 Å². The maximum absolute atomic E-state index is 2.37. The van der Waals surface area contributed by atoms with Crippen LogP contribution >= 0.6 is 7.92 Å². The van der Waals surface area contributed by atoms with Gasteiger partial charge < -0.3 is 0 Å². The largest absolute Gasteiger partial charge is 0.106 e. The van der Waals surface area contributed by atoms with Crippen molar-refractivity contribution in [2.75, 3.05) is 18.5 Å². The van der Waals surface area contributed by atoms with Gasteiger partial charge in [0.2, 0.25) is 0 Å². The van der Waals surface area contributed by atoms with Gasteiger partial charge in [-0.25, -0.2) is 0 Å². The monoisotopic (exact) mass is 238 g/mol. The predicted molar refractivity (Wildman–Crippen MR) is 77.6 cm³/mol. The first-order chi connectivity index (χ1) is 7.58. The second-order valence-corrected chi connectivity index (χ2v) is 8.29. The molecule has 0 N–H and O–H groups in total. The number of hydrogen-bond acceptors (Lipinski definition) is 0. The fourth-order valence-corrected chi connectivity index (χ4v) is 5.53. The molecule has 1 aliphatic carbocycles. The molecule has 0 aliphatic heterocycles. The Hall–Kier alpha value is -0.0900. The van der Waals surface area contributed by atoms with Gasteiger partial charge in [0, 0.05) is 0 Å². The fraction of sp³-hybridized carbons (Fsp3) is 0.733. The minimum absolute atomic E-state index is 0.276. The van der Waals surface area contributed by atoms with Crippen LogP contribution in [0.4, 0.5) is 0 Å². The summed E-state index contributed by atoms with van der Waals surface area (Å²) in [6.45, 7) is 9.46. The van der Waals surface area contributed by atoms with E-state index in [0.29, 0.717) is 0 Å². The molecule has 0 spiro atoms. The van der Waals surface area contributed by atoms with Crippen LogP contribution in [-0.4, -0.2) is 18.5 Å². The van der Waals surface area contributed by atoms with Crippen molar-refractivity contribution >= 4 is 7.92 Å². The van der Waals surface area contributed by atoms with Crippen molar-refractivity contribution in [1.82, 2.24) is 0 Å². The van der Waals surface area contributed by atoms with Crippen molar-refractivity contribution in [3.8, 4) is 0 Å². The summed E-state index contributed by atoms with van der Waals surface area (Å²) in [5.74, 6) is 2.49. The summed E-state index contributed by atoms with van der Waals surface area (Å²) in [7, 11) is 0.276. The second kappa shape index (κ2) is 7.28. The van der Waals surface area contributed by atoms with E-state index in [1.165, 1.54) is 24.9 Å². The van der Waals surface area contributed by atoms with Crippen LogP contribution in [0.15, 0.2) is 24.3 Å². The third-order valence-corrected chi connectivity index (χ3v) is 6.24. The van der Waals surface area contributed by atoms with Gasteiger partial charge in [0.1, 0.15) is 0 Å². The summed E-state index contributed by atoms with van der Waals surface area (Å²) in [6, 6.07) is 0. The molecule has 0 atom stereocenters. The highest BCUT2D eigenvalue weighted by Crippen LogP contribution is 2.41. The van der Waals surface area contributed by atoms with E-state index in [0.717, 1.165) is 17.8 Å². The Bertz CT molecular complexity index is 216. The van der Waals surface area contributed by atoms with Crippen molar-refractivity contribution in [3.63, 3.8) is 0 Å². The lowest BCUT2D eigenvalue weighted by Gasteiger charge is -2.22. The Morgan fingerprint density at radius 2 is 1.44 bits per heavy atom. The number of hydrogen-bond donors (Lipinski definition) is 0. The first-order valence-corrected chi connectivity index (χ1v) is 8.55. The SMILES string of the molecule is CC(C)CP(CCC1C=CC=C1)CC(C)C. The molecule has 0 unspecified atom stereocenters. The quantitative estimate of drug-likeness (QED) is 0.553. The Kier molecular flexibility index (Phi) is 6.36. The molecule has 16 heavy (non-hydrogen) atoms. The van der Waals surface area contributed by atoms with Crippen LogP contribution in [0.1, 0.15) is 34.1 Å². The molecule has 0 amide bonds. The highest BCUT2D eigenvalue weighted by molar-refractivity contribution is 7.57. The van der Waals surface area contributed by atoms with Crippen molar-refractivity contribution in [3.05, 3.63) is 24.3 Å². The zero-order valence-electron chi connectivity index (χ0n) is 11.3. The van der Waals surface area contributed by atoms with Gasteiger partial charge in [-0.1, -0.05) is 52.0 Å². The summed E-state index contributed by atoms with van der Waals surface area (Å²) in [4.78, 5) is 0. The fourth-order valence-electron chi connectivity index (χ4n) is 2.29. The minimum atomic E-state index is 0.276. The van der Waals surface area contributed by atoms with E-state index in [9.17, 15) is 0 Å². The van der Waals surface area contributed by atoms with E-state index >= 15 is 0 Å². The van der Waals surface area contributed by atoms with Crippen LogP contribution in [0.25, 0.3) is 0 Å². The molecular weight excluding hydrogens is 211 g/mol. The Balaban J connectivity index is 2.30. The molecule has 0 bridgehead atoms. The van der Waals surface area contributed by atoms with Crippen molar-refractivity contribution in [2.24, 2.45) is 17.8 Å².